The fourth-order valence-corrected chi connectivity index (χ4v) is 16.6. The number of aliphatic carboxylic acids is 2. The van der Waals surface area contributed by atoms with Crippen LogP contribution in [-0.2, 0) is 129 Å². The molecule has 2 heterocycles. The molecule has 794 valence electrons. The quantitative estimate of drug-likeness (QED) is 0.00554. The number of carbonyl (C=O) groups is 9. The highest BCUT2D eigenvalue weighted by Gasteiger charge is 2.34. The summed E-state index contributed by atoms with van der Waals surface area (Å²) in [5, 5.41) is 50.7. The van der Waals surface area contributed by atoms with Crippen molar-refractivity contribution in [2.24, 2.45) is 42.1 Å². The van der Waals surface area contributed by atoms with Crippen molar-refractivity contribution in [3.63, 3.8) is 0 Å². The van der Waals surface area contributed by atoms with Crippen LogP contribution in [0, 0.1) is 31.2 Å². The van der Waals surface area contributed by atoms with Crippen molar-refractivity contribution in [3.05, 3.63) is 156 Å². The summed E-state index contributed by atoms with van der Waals surface area (Å²) in [6.45, 7) is 31.8. The molecule has 8 aromatic rings. The number of carbonyl (C=O) groups excluding carboxylic acids is 7. The molecule has 0 fully saturated rings. The number of hydrogen-bond acceptors (Lipinski definition) is 39. The van der Waals surface area contributed by atoms with E-state index < -0.39 is 141 Å². The summed E-state index contributed by atoms with van der Waals surface area (Å²) in [4.78, 5) is 117. The number of aromatic nitrogens is 4. The topological polar surface area (TPSA) is 637 Å². The van der Waals surface area contributed by atoms with Crippen LogP contribution in [0.4, 0.5) is 44.4 Å². The normalized spacial score (nSPS) is 12.9. The number of nitrogens with one attached hydrogen (secondary N) is 6. The largest absolute Gasteiger partial charge is 0.488 e. The Morgan fingerprint density at radius 3 is 1.21 bits per heavy atom. The van der Waals surface area contributed by atoms with Crippen molar-refractivity contribution in [1.29, 1.82) is 9.56 Å². The second kappa shape index (κ2) is 55.4. The zero-order valence-corrected chi connectivity index (χ0v) is 90.6. The maximum absolute atomic E-state index is 13.4. The van der Waals surface area contributed by atoms with Crippen LogP contribution in [0.5, 0.6) is 23.0 Å². The van der Waals surface area contributed by atoms with Gasteiger partial charge in [-0.2, -0.15) is 18.7 Å². The molecule has 51 heteroatoms. The van der Waals surface area contributed by atoms with Crippen LogP contribution in [0.1, 0.15) is 153 Å². The van der Waals surface area contributed by atoms with Crippen LogP contribution in [0.15, 0.2) is 154 Å². The first-order chi connectivity index (χ1) is 67.2. The van der Waals surface area contributed by atoms with Crippen molar-refractivity contribution in [1.82, 2.24) is 18.7 Å². The van der Waals surface area contributed by atoms with E-state index in [2.05, 4.69) is 70.6 Å². The SMILES string of the molecule is C=C(C)C(=O)OCC(O)COC(=O)CSCC(C)(C)C(=O)OCCOc1c(NC(=O)COc2ccc(CS(=N)(=O)O)cc2)cc(N=Nc2nc(-c3cccc(NS(C)(=O)=O)c3)ns2)cc1C(C)(C)C.CC(C)(CSCC(=O)O)C(=O)OCCOc1c(NC(=O)COc2ccc(CS(=N)(=O)O)cc2)cc(N=Nc2nc(-c3cccc(NS(C)(=O)=O)c3)ns2)cc1C(C)(C)C.CCC(C)(C)C(=O)O.CCC(C)(C)C(=O)OC. The summed E-state index contributed by atoms with van der Waals surface area (Å²) in [5.74, 6) is -4.37. The highest BCUT2D eigenvalue weighted by atomic mass is 32.2. The predicted octanol–water partition coefficient (Wildman–Crippen LogP) is 17.2. The molecule has 0 spiro atoms. The van der Waals surface area contributed by atoms with E-state index >= 15 is 0 Å². The summed E-state index contributed by atoms with van der Waals surface area (Å²) in [6, 6.07) is 31.7. The van der Waals surface area contributed by atoms with Gasteiger partial charge in [0.15, 0.2) is 44.9 Å². The van der Waals surface area contributed by atoms with Gasteiger partial charge in [0.1, 0.15) is 68.7 Å². The van der Waals surface area contributed by atoms with E-state index in [0.29, 0.717) is 74.1 Å². The lowest BCUT2D eigenvalue weighted by Gasteiger charge is -2.26. The molecule has 3 unspecified atom stereocenters. The Morgan fingerprint density at radius 1 is 0.497 bits per heavy atom. The highest BCUT2D eigenvalue weighted by Crippen LogP contribution is 2.44. The maximum Gasteiger partial charge on any atom is 0.333 e. The molecule has 0 bridgehead atoms. The molecule has 2 amide bonds. The Hall–Kier alpha value is -12.2. The number of rotatable bonds is 49. The lowest BCUT2D eigenvalue weighted by Crippen LogP contribution is -2.31. The smallest absolute Gasteiger partial charge is 0.333 e. The molecule has 3 atom stereocenters. The van der Waals surface area contributed by atoms with Crippen LogP contribution in [-0.4, -0.2) is 224 Å². The molecule has 0 saturated carbocycles. The summed E-state index contributed by atoms with van der Waals surface area (Å²) in [5.41, 5.74) is 0.903. The summed E-state index contributed by atoms with van der Waals surface area (Å²) in [6.07, 6.45) is 2.36. The van der Waals surface area contributed by atoms with Crippen molar-refractivity contribution < 1.29 is 135 Å². The van der Waals surface area contributed by atoms with Gasteiger partial charge in [0, 0.05) is 73.8 Å². The number of nitrogens with zero attached hydrogens (tertiary/aromatic N) is 8. The number of sulfonamides is 2. The molecule has 0 aliphatic heterocycles. The highest BCUT2D eigenvalue weighted by molar-refractivity contribution is 8.00. The standard InChI is InChI=1S/C44H55N7O14S4.C37H45N7O11S4.C7H14O2.C6H12O2/c1-27(2)40(55)65-22-32(52)21-64-37(54)24-66-26-44(6,7)41(56)62-17-16-61-38-34(43(3,4)5)19-31(20-35(38)46-36(53)23-63-33-14-12-28(13-15-33)25-69(45,59)60)48-49-42-47-39(50-67-42)29-10-9-11-30(18-29)51-68(8,57)58;1-36(2,3)28-17-26(41-42-35-40-33(43-57-35)24-8-7-9-25(16-24)44-58(6,49)50)18-29(32(28)53-14-15-54-34(48)37(4,5)22-56-20-31(46)47)39-30(45)19-55-27-12-10-23(11-13-27)21-59(38,51)52;1-5-7(2,3)6(8)9-4;1-4-6(2,3)5(7)8/h9-15,18-20,32,51-52H,1,16-17,21-26H2,2-8H3,(H,46,53)(H2,45,59,60);7-13,16-18,44H,14-15,19-22H2,1-6H3,(H,39,45)(H,46,47)(H2,38,51,52);5H2,1-4H3;4H2,1-3H3,(H,7,8). The van der Waals surface area contributed by atoms with Gasteiger partial charge in [-0.15, -0.1) is 44.0 Å². The minimum atomic E-state index is -3.76. The molecule has 6 aromatic carbocycles. The number of aliphatic hydroxyl groups is 1. The number of benzene rings is 6. The molecular weight excluding hydrogens is 2050 g/mol. The third kappa shape index (κ3) is 46.0. The minimum Gasteiger partial charge on any atom is -0.488 e. The zero-order valence-electron chi connectivity index (χ0n) is 84.0. The molecular formula is C94H126N14O29S8. The number of carboxylic acid groups (broad SMARTS) is 2. The molecule has 11 N–H and O–H groups in total. The van der Waals surface area contributed by atoms with Crippen molar-refractivity contribution in [2.45, 2.75) is 159 Å². The van der Waals surface area contributed by atoms with Gasteiger partial charge >= 0.3 is 41.8 Å². The van der Waals surface area contributed by atoms with E-state index in [0.717, 1.165) is 65.5 Å². The van der Waals surface area contributed by atoms with Gasteiger partial charge in [-0.3, -0.25) is 47.8 Å². The molecule has 0 saturated heterocycles. The Labute approximate surface area is 860 Å². The van der Waals surface area contributed by atoms with Gasteiger partial charge in [0.05, 0.1) is 87.0 Å². The first-order valence-corrected chi connectivity index (χ1v) is 55.2. The summed E-state index contributed by atoms with van der Waals surface area (Å²) in [7, 11) is -13.1. The zero-order chi connectivity index (χ0) is 109. The third-order valence-electron chi connectivity index (χ3n) is 19.7. The molecule has 145 heavy (non-hydrogen) atoms. The van der Waals surface area contributed by atoms with Crippen LogP contribution < -0.4 is 39.0 Å². The Kier molecular flexibility index (Phi) is 47.1. The van der Waals surface area contributed by atoms with E-state index in [4.69, 9.17) is 57.7 Å². The predicted molar refractivity (Wildman–Crippen MR) is 555 cm³/mol. The van der Waals surface area contributed by atoms with Gasteiger partial charge in [-0.05, 0) is 170 Å². The number of hydrogen-bond donors (Lipinski definition) is 11. The van der Waals surface area contributed by atoms with Crippen molar-refractivity contribution in [3.8, 4) is 45.8 Å². The molecule has 0 radical (unpaired) electrons. The fraction of sp³-hybridized carbons (Fsp3) is 0.457. The number of thioether (sulfide) groups is 2. The van der Waals surface area contributed by atoms with Crippen molar-refractivity contribution in [2.75, 3.05) is 116 Å². The Bertz CT molecular complexity index is 6380. The molecule has 2 aromatic heterocycles. The molecule has 0 aliphatic carbocycles. The molecule has 0 aliphatic rings. The molecule has 8 rings (SSSR count). The second-order valence-electron chi connectivity index (χ2n) is 37.0. The molecule has 43 nitrogen and oxygen atoms in total. The maximum atomic E-state index is 13.4. The van der Waals surface area contributed by atoms with Gasteiger partial charge < -0.3 is 77.7 Å². The number of anilines is 4. The van der Waals surface area contributed by atoms with Crippen LogP contribution in [0.2, 0.25) is 0 Å². The van der Waals surface area contributed by atoms with E-state index in [9.17, 15) is 82.6 Å². The second-order valence-corrected chi connectivity index (χ2v) is 47.1. The van der Waals surface area contributed by atoms with Gasteiger partial charge in [0.25, 0.3) is 11.8 Å². The number of esters is 5. The van der Waals surface area contributed by atoms with Crippen molar-refractivity contribution >= 4 is 185 Å². The number of carboxylic acids is 2. The first kappa shape index (κ1) is 123. The Morgan fingerprint density at radius 2 is 0.883 bits per heavy atom. The number of azo groups is 2. The van der Waals surface area contributed by atoms with E-state index in [1.807, 2.05) is 69.2 Å². The Balaban J connectivity index is 0.000000442. The average Bonchev–Trinajstić information content (AvgIpc) is 0.844. The number of methoxy groups -OCH3 is 1. The van der Waals surface area contributed by atoms with Gasteiger partial charge in [0.2, 0.25) is 30.3 Å². The van der Waals surface area contributed by atoms with Crippen LogP contribution in [0.3, 0.4) is 0 Å². The van der Waals surface area contributed by atoms with E-state index in [1.54, 1.807) is 102 Å². The monoisotopic (exact) mass is 2170 g/mol. The van der Waals surface area contributed by atoms with Crippen LogP contribution >= 0.6 is 46.6 Å². The third-order valence-corrected chi connectivity index (χ3v) is 26.3. The summed E-state index contributed by atoms with van der Waals surface area (Å²) < 4.78 is 166. The summed E-state index contributed by atoms with van der Waals surface area (Å²) >= 11 is 4.15. The lowest BCUT2D eigenvalue weighted by atomic mass is 9.85. The lowest BCUT2D eigenvalue weighted by molar-refractivity contribution is -0.154. The fourth-order valence-electron chi connectivity index (χ4n) is 11.3. The number of aliphatic hydroxyl groups excluding tert-OH is 1. The number of amides is 2. The number of ether oxygens (including phenoxy) is 9. The average molecular weight is 2170 g/mol. The van der Waals surface area contributed by atoms with E-state index in [-0.39, 0.29) is 129 Å². The van der Waals surface area contributed by atoms with E-state index in [1.165, 1.54) is 74.7 Å². The van der Waals surface area contributed by atoms with Gasteiger partial charge in [-0.25, -0.2) is 39.6 Å². The first-order valence-electron chi connectivity index (χ1n) is 44.2. The minimum absolute atomic E-state index is 0.104. The van der Waals surface area contributed by atoms with Gasteiger partial charge in [-0.1, -0.05) is 110 Å². The van der Waals surface area contributed by atoms with Crippen LogP contribution in [0.25, 0.3) is 22.8 Å².